The predicted octanol–water partition coefficient (Wildman–Crippen LogP) is 2.81. The molecule has 0 aromatic heterocycles. The van der Waals surface area contributed by atoms with Crippen LogP contribution in [0.5, 0.6) is 0 Å². The SMILES string of the molecule is CC(C)C[O][Ti]([OH])([O]CC(C)C)[O]CC(C)C. The van der Waals surface area contributed by atoms with Crippen LogP contribution in [0, 0.1) is 17.8 Å². The van der Waals surface area contributed by atoms with Crippen molar-refractivity contribution in [2.45, 2.75) is 41.5 Å². The van der Waals surface area contributed by atoms with E-state index < -0.39 is 18.1 Å². The van der Waals surface area contributed by atoms with Gasteiger partial charge >= 0.3 is 111 Å². The first-order chi connectivity index (χ1) is 7.75. The molecular formula is C12H28O4Ti. The molecule has 0 amide bonds. The van der Waals surface area contributed by atoms with Crippen molar-refractivity contribution in [3.05, 3.63) is 0 Å². The van der Waals surface area contributed by atoms with Gasteiger partial charge in [-0.15, -0.1) is 0 Å². The summed E-state index contributed by atoms with van der Waals surface area (Å²) < 4.78 is 26.8. The molecule has 0 heterocycles. The summed E-state index contributed by atoms with van der Waals surface area (Å²) in [5, 5.41) is 0. The first kappa shape index (κ1) is 17.6. The van der Waals surface area contributed by atoms with Crippen molar-refractivity contribution in [3.63, 3.8) is 0 Å². The quantitative estimate of drug-likeness (QED) is 0.661. The minimum atomic E-state index is -3.97. The first-order valence-corrected chi connectivity index (χ1v) is 9.00. The van der Waals surface area contributed by atoms with Gasteiger partial charge in [-0.1, -0.05) is 0 Å². The average Bonchev–Trinajstić information content (AvgIpc) is 2.21. The Kier molecular flexibility index (Phi) is 8.90. The molecular weight excluding hydrogens is 256 g/mol. The first-order valence-electron chi connectivity index (χ1n) is 6.39. The Morgan fingerprint density at radius 3 is 1.12 bits per heavy atom. The predicted molar refractivity (Wildman–Crippen MR) is 64.6 cm³/mol. The fourth-order valence-corrected chi connectivity index (χ4v) is 3.88. The van der Waals surface area contributed by atoms with Gasteiger partial charge in [-0.3, -0.25) is 0 Å². The van der Waals surface area contributed by atoms with Crippen molar-refractivity contribution < 1.29 is 31.8 Å². The van der Waals surface area contributed by atoms with Crippen LogP contribution in [0.4, 0.5) is 0 Å². The summed E-state index contributed by atoms with van der Waals surface area (Å²) in [5.41, 5.74) is 0. The van der Waals surface area contributed by atoms with Crippen molar-refractivity contribution in [2.24, 2.45) is 17.8 Å². The van der Waals surface area contributed by atoms with Gasteiger partial charge in [0.1, 0.15) is 0 Å². The van der Waals surface area contributed by atoms with Gasteiger partial charge in [0.25, 0.3) is 0 Å². The molecule has 0 aromatic rings. The third kappa shape index (κ3) is 10.2. The minimum absolute atomic E-state index is 0.359. The van der Waals surface area contributed by atoms with Gasteiger partial charge in [-0.25, -0.2) is 0 Å². The molecule has 0 spiro atoms. The third-order valence-electron chi connectivity index (χ3n) is 1.80. The van der Waals surface area contributed by atoms with E-state index in [1.165, 1.54) is 0 Å². The van der Waals surface area contributed by atoms with Crippen LogP contribution < -0.4 is 0 Å². The van der Waals surface area contributed by atoms with Gasteiger partial charge in [0, 0.05) is 0 Å². The topological polar surface area (TPSA) is 47.9 Å². The van der Waals surface area contributed by atoms with Crippen LogP contribution in [0.3, 0.4) is 0 Å². The molecule has 0 saturated carbocycles. The summed E-state index contributed by atoms with van der Waals surface area (Å²) >= 11 is -3.97. The van der Waals surface area contributed by atoms with E-state index in [9.17, 15) is 3.69 Å². The Hall–Kier alpha value is 0.554. The summed E-state index contributed by atoms with van der Waals surface area (Å²) in [5.74, 6) is 1.08. The van der Waals surface area contributed by atoms with E-state index in [0.29, 0.717) is 37.6 Å². The van der Waals surface area contributed by atoms with Crippen LogP contribution in [-0.2, 0) is 28.1 Å². The van der Waals surface area contributed by atoms with Crippen LogP contribution in [0.15, 0.2) is 0 Å². The standard InChI is InChI=1S/3C4H9O.H2O.Ti/c3*1-4(2)3-5;;/h3*4H,3H2,1-2H3;1H2;/q3*-1;;+4/p-1. The van der Waals surface area contributed by atoms with Gasteiger partial charge < -0.3 is 0 Å². The molecule has 0 atom stereocenters. The molecule has 0 aliphatic heterocycles. The summed E-state index contributed by atoms with van der Waals surface area (Å²) in [7, 11) is 0. The molecule has 4 nitrogen and oxygen atoms in total. The molecule has 0 unspecified atom stereocenters. The Morgan fingerprint density at radius 2 is 0.941 bits per heavy atom. The van der Waals surface area contributed by atoms with E-state index in [0.717, 1.165) is 0 Å². The second-order valence-electron chi connectivity index (χ2n) is 5.64. The van der Waals surface area contributed by atoms with Gasteiger partial charge in [-0.2, -0.15) is 0 Å². The van der Waals surface area contributed by atoms with Crippen molar-refractivity contribution in [3.8, 4) is 0 Å². The van der Waals surface area contributed by atoms with E-state index in [2.05, 4.69) is 0 Å². The molecule has 0 radical (unpaired) electrons. The zero-order chi connectivity index (χ0) is 13.5. The Bertz CT molecular complexity index is 164. The summed E-state index contributed by atoms with van der Waals surface area (Å²) in [4.78, 5) is 0. The maximum absolute atomic E-state index is 10.3. The maximum atomic E-state index is 10.3. The van der Waals surface area contributed by atoms with Gasteiger partial charge in [-0.05, 0) is 0 Å². The Labute approximate surface area is 111 Å². The Balaban J connectivity index is 4.23. The Morgan fingerprint density at radius 1 is 0.706 bits per heavy atom. The number of rotatable bonds is 9. The molecule has 0 aliphatic rings. The van der Waals surface area contributed by atoms with Crippen LogP contribution >= 0.6 is 0 Å². The zero-order valence-electron chi connectivity index (χ0n) is 12.0. The normalized spacial score (nSPS) is 13.1. The van der Waals surface area contributed by atoms with Gasteiger partial charge in [0.05, 0.1) is 0 Å². The fourth-order valence-electron chi connectivity index (χ4n) is 0.941. The van der Waals surface area contributed by atoms with E-state index in [1.54, 1.807) is 0 Å². The second kappa shape index (κ2) is 8.62. The fraction of sp³-hybridized carbons (Fsp3) is 1.00. The van der Waals surface area contributed by atoms with E-state index >= 15 is 0 Å². The molecule has 0 fully saturated rings. The van der Waals surface area contributed by atoms with Crippen molar-refractivity contribution >= 4 is 0 Å². The molecule has 0 rings (SSSR count). The zero-order valence-corrected chi connectivity index (χ0v) is 13.6. The average molecular weight is 284 g/mol. The summed E-state index contributed by atoms with van der Waals surface area (Å²) in [6.07, 6.45) is 0. The van der Waals surface area contributed by atoms with Gasteiger partial charge in [0.15, 0.2) is 0 Å². The van der Waals surface area contributed by atoms with Crippen molar-refractivity contribution in [2.75, 3.05) is 19.8 Å². The van der Waals surface area contributed by atoms with E-state index in [1.807, 2.05) is 41.5 Å². The van der Waals surface area contributed by atoms with E-state index in [-0.39, 0.29) is 0 Å². The van der Waals surface area contributed by atoms with E-state index in [4.69, 9.17) is 9.96 Å². The molecule has 0 bridgehead atoms. The van der Waals surface area contributed by atoms with Crippen LogP contribution in [0.25, 0.3) is 0 Å². The van der Waals surface area contributed by atoms with Crippen molar-refractivity contribution in [1.29, 1.82) is 0 Å². The monoisotopic (exact) mass is 284 g/mol. The van der Waals surface area contributed by atoms with Crippen LogP contribution in [0.1, 0.15) is 41.5 Å². The summed E-state index contributed by atoms with van der Waals surface area (Å²) in [6.45, 7) is 13.6. The molecule has 0 aliphatic carbocycles. The molecule has 0 saturated heterocycles. The van der Waals surface area contributed by atoms with Crippen LogP contribution in [-0.4, -0.2) is 23.5 Å². The molecule has 1 N–H and O–H groups in total. The molecule has 0 aromatic carbocycles. The number of hydrogen-bond donors (Lipinski definition) is 1. The molecule has 17 heavy (non-hydrogen) atoms. The number of hydrogen-bond acceptors (Lipinski definition) is 4. The molecule has 104 valence electrons. The van der Waals surface area contributed by atoms with Gasteiger partial charge in [0.2, 0.25) is 0 Å². The van der Waals surface area contributed by atoms with Crippen LogP contribution in [0.2, 0.25) is 0 Å². The summed E-state index contributed by atoms with van der Waals surface area (Å²) in [6, 6.07) is 0. The third-order valence-corrected chi connectivity index (χ3v) is 4.29. The second-order valence-corrected chi connectivity index (χ2v) is 8.63. The molecule has 5 heteroatoms. The van der Waals surface area contributed by atoms with Crippen molar-refractivity contribution in [1.82, 2.24) is 0 Å².